The van der Waals surface area contributed by atoms with Gasteiger partial charge in [-0.05, 0) is 68.6 Å². The van der Waals surface area contributed by atoms with Crippen LogP contribution in [-0.4, -0.2) is 29.3 Å². The first kappa shape index (κ1) is 26.2. The summed E-state index contributed by atoms with van der Waals surface area (Å²) in [6, 6.07) is 4.29. The highest BCUT2D eigenvalue weighted by Crippen LogP contribution is 2.34. The average molecular weight is 485 g/mol. The molecule has 2 aromatic rings. The standard InChI is InChI=1S/C26H33FN4O4/c1-16-22(15-28-12-8-6-4-5-7-9-25(33)31-35-18(3)32)17(2)29-24(16)14-21-20-13-19(27)10-11-23(20)30-26(21)34/h10-11,13-14,28-29H,4-9,12,15H2,1-3H3,(H,30,34)(H,31,33)/b21-14-. The van der Waals surface area contributed by atoms with Gasteiger partial charge in [0.1, 0.15) is 5.82 Å². The lowest BCUT2D eigenvalue weighted by molar-refractivity contribution is -0.156. The number of H-pyrrole nitrogens is 1. The van der Waals surface area contributed by atoms with E-state index < -0.39 is 5.97 Å². The summed E-state index contributed by atoms with van der Waals surface area (Å²) in [6.07, 6.45) is 6.97. The molecule has 1 aliphatic rings. The molecule has 8 nitrogen and oxygen atoms in total. The van der Waals surface area contributed by atoms with Crippen LogP contribution < -0.4 is 16.1 Å². The van der Waals surface area contributed by atoms with Crippen molar-refractivity contribution in [3.63, 3.8) is 0 Å². The molecule has 0 unspecified atom stereocenters. The SMILES string of the molecule is CC(=O)ONC(=O)CCCCCCCNCc1c(C)[nH]c(/C=C2\C(=O)Nc3ccc(F)cc32)c1C. The lowest BCUT2D eigenvalue weighted by Crippen LogP contribution is -2.25. The highest BCUT2D eigenvalue weighted by molar-refractivity contribution is 6.34. The Kier molecular flexibility index (Phi) is 9.19. The van der Waals surface area contributed by atoms with Gasteiger partial charge in [-0.2, -0.15) is 5.48 Å². The normalized spacial score (nSPS) is 13.6. The van der Waals surface area contributed by atoms with E-state index in [0.717, 1.165) is 61.2 Å². The molecule has 2 amide bonds. The number of halogens is 1. The Hall–Kier alpha value is -3.46. The number of aromatic nitrogens is 1. The molecule has 1 aromatic heterocycles. The minimum absolute atomic E-state index is 0.234. The van der Waals surface area contributed by atoms with Crippen molar-refractivity contribution in [2.45, 2.75) is 65.8 Å². The second-order valence-electron chi connectivity index (χ2n) is 8.78. The predicted octanol–water partition coefficient (Wildman–Crippen LogP) is 4.29. The number of hydroxylamine groups is 1. The number of amides is 2. The van der Waals surface area contributed by atoms with E-state index in [1.54, 1.807) is 12.1 Å². The molecule has 0 bridgehead atoms. The Labute approximate surface area is 204 Å². The number of benzene rings is 1. The second-order valence-corrected chi connectivity index (χ2v) is 8.78. The van der Waals surface area contributed by atoms with Gasteiger partial charge in [0.05, 0.1) is 5.57 Å². The molecule has 4 N–H and O–H groups in total. The lowest BCUT2D eigenvalue weighted by Gasteiger charge is -2.07. The summed E-state index contributed by atoms with van der Waals surface area (Å²) < 4.78 is 13.7. The van der Waals surface area contributed by atoms with E-state index in [1.807, 2.05) is 13.8 Å². The summed E-state index contributed by atoms with van der Waals surface area (Å²) in [5.41, 5.74) is 7.87. The third-order valence-electron chi connectivity index (χ3n) is 6.05. The fourth-order valence-corrected chi connectivity index (χ4v) is 4.13. The summed E-state index contributed by atoms with van der Waals surface area (Å²) >= 11 is 0. The zero-order chi connectivity index (χ0) is 25.4. The fraction of sp³-hybridized carbons (Fsp3) is 0.423. The largest absolute Gasteiger partial charge is 0.359 e. The number of carbonyl (C=O) groups excluding carboxylic acids is 3. The number of aryl methyl sites for hydroxylation is 1. The van der Waals surface area contributed by atoms with Crippen LogP contribution in [0.1, 0.15) is 73.5 Å². The van der Waals surface area contributed by atoms with Crippen LogP contribution >= 0.6 is 0 Å². The van der Waals surface area contributed by atoms with E-state index >= 15 is 0 Å². The van der Waals surface area contributed by atoms with Crippen molar-refractivity contribution in [2.24, 2.45) is 0 Å². The maximum atomic E-state index is 13.7. The first-order chi connectivity index (χ1) is 16.8. The number of carbonyl (C=O) groups is 3. The second kappa shape index (κ2) is 12.3. The van der Waals surface area contributed by atoms with Crippen LogP contribution in [-0.2, 0) is 25.8 Å². The van der Waals surface area contributed by atoms with Gasteiger partial charge in [0.15, 0.2) is 0 Å². The van der Waals surface area contributed by atoms with Crippen molar-refractivity contribution in [3.05, 3.63) is 52.1 Å². The van der Waals surface area contributed by atoms with Crippen LogP contribution in [0.4, 0.5) is 10.1 Å². The van der Waals surface area contributed by atoms with Crippen molar-refractivity contribution in [1.82, 2.24) is 15.8 Å². The molecule has 0 atom stereocenters. The van der Waals surface area contributed by atoms with Crippen LogP contribution in [0.3, 0.4) is 0 Å². The number of unbranched alkanes of at least 4 members (excludes halogenated alkanes) is 4. The zero-order valence-electron chi connectivity index (χ0n) is 20.5. The van der Waals surface area contributed by atoms with Crippen LogP contribution in [0.2, 0.25) is 0 Å². The Morgan fingerprint density at radius 1 is 1.11 bits per heavy atom. The molecular formula is C26H33FN4O4. The third kappa shape index (κ3) is 7.26. The molecule has 3 rings (SSSR count). The van der Waals surface area contributed by atoms with Gasteiger partial charge in [-0.15, -0.1) is 0 Å². The van der Waals surface area contributed by atoms with Crippen LogP contribution in [0.25, 0.3) is 11.6 Å². The molecule has 9 heteroatoms. The van der Waals surface area contributed by atoms with Crippen molar-refractivity contribution in [2.75, 3.05) is 11.9 Å². The molecule has 35 heavy (non-hydrogen) atoms. The summed E-state index contributed by atoms with van der Waals surface area (Å²) in [6.45, 7) is 6.85. The number of rotatable bonds is 11. The maximum absolute atomic E-state index is 13.7. The summed E-state index contributed by atoms with van der Waals surface area (Å²) in [7, 11) is 0. The molecule has 0 saturated heterocycles. The minimum atomic E-state index is -0.534. The molecule has 0 aliphatic carbocycles. The summed E-state index contributed by atoms with van der Waals surface area (Å²) in [4.78, 5) is 42.3. The molecule has 0 fully saturated rings. The first-order valence-corrected chi connectivity index (χ1v) is 11.9. The number of hydrogen-bond acceptors (Lipinski definition) is 5. The molecule has 188 valence electrons. The van der Waals surface area contributed by atoms with Crippen molar-refractivity contribution in [3.8, 4) is 0 Å². The van der Waals surface area contributed by atoms with Gasteiger partial charge in [-0.1, -0.05) is 19.3 Å². The summed E-state index contributed by atoms with van der Waals surface area (Å²) in [5.74, 6) is -1.42. The lowest BCUT2D eigenvalue weighted by atomic mass is 10.0. The Balaban J connectivity index is 1.41. The Bertz CT molecular complexity index is 1120. The number of hydrogen-bond donors (Lipinski definition) is 4. The van der Waals surface area contributed by atoms with Crippen molar-refractivity contribution in [1.29, 1.82) is 0 Å². The van der Waals surface area contributed by atoms with Gasteiger partial charge in [0.2, 0.25) is 0 Å². The molecule has 0 saturated carbocycles. The van der Waals surface area contributed by atoms with E-state index in [9.17, 15) is 18.8 Å². The average Bonchev–Trinajstić information content (AvgIpc) is 3.26. The Morgan fingerprint density at radius 3 is 2.63 bits per heavy atom. The van der Waals surface area contributed by atoms with Gasteiger partial charge < -0.3 is 20.5 Å². The summed E-state index contributed by atoms with van der Waals surface area (Å²) in [5, 5.41) is 6.26. The number of aromatic amines is 1. The van der Waals surface area contributed by atoms with Gasteiger partial charge in [-0.3, -0.25) is 14.4 Å². The molecule has 2 heterocycles. The fourth-order valence-electron chi connectivity index (χ4n) is 4.13. The van der Waals surface area contributed by atoms with Gasteiger partial charge in [-0.25, -0.2) is 4.39 Å². The topological polar surface area (TPSA) is 112 Å². The van der Waals surface area contributed by atoms with Crippen LogP contribution in [0.15, 0.2) is 18.2 Å². The molecule has 1 aliphatic heterocycles. The van der Waals surface area contributed by atoms with Crippen LogP contribution in [0, 0.1) is 19.7 Å². The predicted molar refractivity (Wildman–Crippen MR) is 132 cm³/mol. The monoisotopic (exact) mass is 484 g/mol. The number of anilines is 1. The zero-order valence-corrected chi connectivity index (χ0v) is 20.5. The van der Waals surface area contributed by atoms with Gasteiger partial charge in [0.25, 0.3) is 11.8 Å². The van der Waals surface area contributed by atoms with E-state index in [2.05, 4.69) is 25.9 Å². The number of fused-ring (bicyclic) bond motifs is 1. The smallest absolute Gasteiger partial charge is 0.329 e. The molecule has 1 aromatic carbocycles. The molecular weight excluding hydrogens is 451 g/mol. The third-order valence-corrected chi connectivity index (χ3v) is 6.05. The Morgan fingerprint density at radius 2 is 1.86 bits per heavy atom. The highest BCUT2D eigenvalue weighted by atomic mass is 19.1. The molecule has 0 radical (unpaired) electrons. The van der Waals surface area contributed by atoms with Crippen LogP contribution in [0.5, 0.6) is 0 Å². The van der Waals surface area contributed by atoms with E-state index in [1.165, 1.54) is 19.1 Å². The van der Waals surface area contributed by atoms with Crippen molar-refractivity contribution < 1.29 is 23.6 Å². The number of nitrogens with one attached hydrogen (secondary N) is 4. The molecule has 0 spiro atoms. The van der Waals surface area contributed by atoms with E-state index in [-0.39, 0.29) is 17.6 Å². The highest BCUT2D eigenvalue weighted by Gasteiger charge is 2.25. The van der Waals surface area contributed by atoms with Gasteiger partial charge >= 0.3 is 5.97 Å². The van der Waals surface area contributed by atoms with Gasteiger partial charge in [0, 0.05) is 42.5 Å². The maximum Gasteiger partial charge on any atom is 0.329 e. The first-order valence-electron chi connectivity index (χ1n) is 11.9. The van der Waals surface area contributed by atoms with Crippen molar-refractivity contribution >= 4 is 35.1 Å². The van der Waals surface area contributed by atoms with E-state index in [0.29, 0.717) is 29.8 Å². The quantitative estimate of drug-likeness (QED) is 0.216. The minimum Gasteiger partial charge on any atom is -0.359 e. The van der Waals surface area contributed by atoms with E-state index in [4.69, 9.17) is 0 Å².